The maximum absolute atomic E-state index is 13.7. The second kappa shape index (κ2) is 5.24. The van der Waals surface area contributed by atoms with Crippen LogP contribution in [0.1, 0.15) is 20.8 Å². The van der Waals surface area contributed by atoms with E-state index in [2.05, 4.69) is 11.3 Å². The van der Waals surface area contributed by atoms with Gasteiger partial charge >= 0.3 is 12.1 Å². The van der Waals surface area contributed by atoms with Crippen molar-refractivity contribution >= 4 is 5.97 Å². The molecule has 7 heteroatoms. The summed E-state index contributed by atoms with van der Waals surface area (Å²) in [6.07, 6.45) is -4.27. The zero-order valence-corrected chi connectivity index (χ0v) is 10.3. The molecule has 0 rings (SSSR count). The third kappa shape index (κ3) is 3.68. The van der Waals surface area contributed by atoms with Crippen molar-refractivity contribution in [3.63, 3.8) is 0 Å². The van der Waals surface area contributed by atoms with Crippen LogP contribution in [0.5, 0.6) is 0 Å². The van der Waals surface area contributed by atoms with Crippen LogP contribution in [0.25, 0.3) is 0 Å². The van der Waals surface area contributed by atoms with Crippen molar-refractivity contribution in [3.05, 3.63) is 12.7 Å². The molecule has 0 aromatic rings. The number of carbonyl (C=O) groups excluding carboxylic acids is 1. The number of hydrogen-bond donors (Lipinski definition) is 0. The largest absolute Gasteiger partial charge is 0.462 e. The van der Waals surface area contributed by atoms with Crippen molar-refractivity contribution in [1.82, 2.24) is 0 Å². The average molecular weight is 274 g/mol. The second-order valence-corrected chi connectivity index (χ2v) is 4.58. The van der Waals surface area contributed by atoms with Crippen LogP contribution < -0.4 is 0 Å². The highest BCUT2D eigenvalue weighted by Gasteiger charge is 2.60. The van der Waals surface area contributed by atoms with Gasteiger partial charge in [0.1, 0.15) is 12.5 Å². The van der Waals surface area contributed by atoms with E-state index in [0.717, 1.165) is 19.9 Å². The van der Waals surface area contributed by atoms with E-state index < -0.39 is 36.0 Å². The molecular weight excluding hydrogens is 259 g/mol. The third-order valence-electron chi connectivity index (χ3n) is 2.68. The number of carbonyl (C=O) groups is 1. The molecule has 0 fully saturated rings. The lowest BCUT2D eigenvalue weighted by Gasteiger charge is -2.37. The van der Waals surface area contributed by atoms with Crippen molar-refractivity contribution in [1.29, 1.82) is 0 Å². The van der Waals surface area contributed by atoms with Gasteiger partial charge in [0, 0.05) is 6.08 Å². The molecule has 0 aromatic carbocycles. The van der Waals surface area contributed by atoms with Crippen molar-refractivity contribution in [2.24, 2.45) is 11.3 Å². The van der Waals surface area contributed by atoms with E-state index in [1.807, 2.05) is 0 Å². The molecule has 0 amide bonds. The monoisotopic (exact) mass is 274 g/mol. The zero-order valence-electron chi connectivity index (χ0n) is 10.3. The van der Waals surface area contributed by atoms with Gasteiger partial charge in [-0.1, -0.05) is 20.4 Å². The molecule has 0 aliphatic carbocycles. The third-order valence-corrected chi connectivity index (χ3v) is 2.68. The Balaban J connectivity index is 4.95. The van der Waals surface area contributed by atoms with E-state index in [9.17, 15) is 26.7 Å². The lowest BCUT2D eigenvalue weighted by Crippen LogP contribution is -2.50. The molecule has 0 saturated carbocycles. The topological polar surface area (TPSA) is 26.3 Å². The van der Waals surface area contributed by atoms with Crippen molar-refractivity contribution in [2.45, 2.75) is 32.9 Å². The molecule has 0 aliphatic heterocycles. The molecule has 1 atom stereocenters. The van der Waals surface area contributed by atoms with E-state index in [1.165, 1.54) is 0 Å². The van der Waals surface area contributed by atoms with Gasteiger partial charge in [-0.3, -0.25) is 0 Å². The van der Waals surface area contributed by atoms with Gasteiger partial charge < -0.3 is 4.74 Å². The Morgan fingerprint density at radius 1 is 1.28 bits per heavy atom. The summed E-state index contributed by atoms with van der Waals surface area (Å²) in [5, 5.41) is 0. The summed E-state index contributed by atoms with van der Waals surface area (Å²) in [6, 6.07) is 0. The minimum absolute atomic E-state index is 0.400. The summed E-state index contributed by atoms with van der Waals surface area (Å²) < 4.78 is 68.8. The fourth-order valence-corrected chi connectivity index (χ4v) is 1.20. The first kappa shape index (κ1) is 16.9. The van der Waals surface area contributed by atoms with E-state index in [-0.39, 0.29) is 0 Å². The van der Waals surface area contributed by atoms with Crippen LogP contribution in [-0.4, -0.2) is 24.7 Å². The van der Waals surface area contributed by atoms with E-state index in [4.69, 9.17) is 0 Å². The Bertz CT molecular complexity index is 320. The maximum Gasteiger partial charge on any atom is 0.397 e. The SMILES string of the molecule is C=CC(=O)OCC(C)(C)C(F)(F)C(C)C(F)(F)F. The molecule has 106 valence electrons. The molecule has 18 heavy (non-hydrogen) atoms. The summed E-state index contributed by atoms with van der Waals surface area (Å²) in [5.41, 5.74) is -2.14. The average Bonchev–Trinajstić information content (AvgIpc) is 2.23. The predicted molar refractivity (Wildman–Crippen MR) is 55.1 cm³/mol. The Morgan fingerprint density at radius 3 is 2.06 bits per heavy atom. The van der Waals surface area contributed by atoms with Gasteiger partial charge in [0.25, 0.3) is 5.92 Å². The maximum atomic E-state index is 13.7. The second-order valence-electron chi connectivity index (χ2n) is 4.58. The summed E-state index contributed by atoms with van der Waals surface area (Å²) >= 11 is 0. The highest BCUT2D eigenvalue weighted by molar-refractivity contribution is 5.81. The molecule has 0 N–H and O–H groups in total. The van der Waals surface area contributed by atoms with E-state index in [0.29, 0.717) is 6.92 Å². The fourth-order valence-electron chi connectivity index (χ4n) is 1.20. The number of ether oxygens (including phenoxy) is 1. The molecule has 0 bridgehead atoms. The first-order valence-corrected chi connectivity index (χ1v) is 5.10. The normalized spacial score (nSPS) is 15.1. The van der Waals surface area contributed by atoms with E-state index >= 15 is 0 Å². The van der Waals surface area contributed by atoms with Gasteiger partial charge in [-0.25, -0.2) is 13.6 Å². The zero-order chi connectivity index (χ0) is 14.8. The van der Waals surface area contributed by atoms with Gasteiger partial charge in [-0.05, 0) is 6.92 Å². The summed E-state index contributed by atoms with van der Waals surface area (Å²) in [6.45, 7) is 4.44. The highest BCUT2D eigenvalue weighted by Crippen LogP contribution is 2.48. The summed E-state index contributed by atoms with van der Waals surface area (Å²) in [4.78, 5) is 10.7. The van der Waals surface area contributed by atoms with Crippen molar-refractivity contribution in [2.75, 3.05) is 6.61 Å². The molecule has 0 radical (unpaired) electrons. The Morgan fingerprint density at radius 2 is 1.72 bits per heavy atom. The van der Waals surface area contributed by atoms with Gasteiger partial charge in [-0.15, -0.1) is 0 Å². The quantitative estimate of drug-likeness (QED) is 0.435. The van der Waals surface area contributed by atoms with Gasteiger partial charge in [0.15, 0.2) is 0 Å². The number of halogens is 5. The molecule has 0 aromatic heterocycles. The number of hydrogen-bond acceptors (Lipinski definition) is 2. The minimum atomic E-state index is -5.02. The fraction of sp³-hybridized carbons (Fsp3) is 0.727. The van der Waals surface area contributed by atoms with Crippen LogP contribution in [0.3, 0.4) is 0 Å². The van der Waals surface area contributed by atoms with Crippen molar-refractivity contribution < 1.29 is 31.5 Å². The number of alkyl halides is 5. The van der Waals surface area contributed by atoms with Crippen LogP contribution in [0, 0.1) is 11.3 Å². The van der Waals surface area contributed by atoms with Gasteiger partial charge in [-0.2, -0.15) is 13.2 Å². The molecule has 1 unspecified atom stereocenters. The minimum Gasteiger partial charge on any atom is -0.462 e. The lowest BCUT2D eigenvalue weighted by atomic mass is 9.79. The van der Waals surface area contributed by atoms with Crippen LogP contribution >= 0.6 is 0 Å². The molecule has 0 heterocycles. The highest BCUT2D eigenvalue weighted by atomic mass is 19.4. The predicted octanol–water partition coefficient (Wildman–Crippen LogP) is 3.58. The molecular formula is C11H15F5O2. The Hall–Kier alpha value is -1.14. The van der Waals surface area contributed by atoms with Crippen LogP contribution in [0.2, 0.25) is 0 Å². The molecule has 2 nitrogen and oxygen atoms in total. The molecule has 0 aliphatic rings. The van der Waals surface area contributed by atoms with Gasteiger partial charge in [0.05, 0.1) is 5.41 Å². The van der Waals surface area contributed by atoms with E-state index in [1.54, 1.807) is 0 Å². The Labute approximate surface area is 102 Å². The first-order chi connectivity index (χ1) is 7.86. The number of rotatable bonds is 5. The summed E-state index contributed by atoms with van der Waals surface area (Å²) in [5.74, 6) is -7.85. The standard InChI is InChI=1S/C11H15F5O2/c1-5-8(17)18-6-9(3,4)10(12,13)7(2)11(14,15)16/h5,7H,1,6H2,2-4H3. The van der Waals surface area contributed by atoms with Crippen LogP contribution in [-0.2, 0) is 9.53 Å². The smallest absolute Gasteiger partial charge is 0.397 e. The van der Waals surface area contributed by atoms with Crippen molar-refractivity contribution in [3.8, 4) is 0 Å². The lowest BCUT2D eigenvalue weighted by molar-refractivity contribution is -0.268. The van der Waals surface area contributed by atoms with Crippen LogP contribution in [0.4, 0.5) is 22.0 Å². The molecule has 0 spiro atoms. The Kier molecular flexibility index (Phi) is 4.91. The van der Waals surface area contributed by atoms with Crippen LogP contribution in [0.15, 0.2) is 12.7 Å². The summed E-state index contributed by atoms with van der Waals surface area (Å²) in [7, 11) is 0. The van der Waals surface area contributed by atoms with Gasteiger partial charge in [0.2, 0.25) is 0 Å². The number of esters is 1. The molecule has 0 saturated heterocycles. The first-order valence-electron chi connectivity index (χ1n) is 5.10.